The van der Waals surface area contributed by atoms with Crippen LogP contribution >= 0.6 is 15.9 Å². The Balaban J connectivity index is 2.15. The number of methoxy groups -OCH3 is 1. The highest BCUT2D eigenvalue weighted by Gasteiger charge is 2.32. The molecule has 2 unspecified atom stereocenters. The third-order valence-corrected chi connectivity index (χ3v) is 5.08. The maximum Gasteiger partial charge on any atom is 0.320 e. The second-order valence-corrected chi connectivity index (χ2v) is 6.43. The van der Waals surface area contributed by atoms with Gasteiger partial charge in [-0.15, -0.1) is 0 Å². The fourth-order valence-corrected chi connectivity index (χ4v) is 3.29. The first-order valence-corrected chi connectivity index (χ1v) is 8.13. The molecule has 1 aromatic rings. The van der Waals surface area contributed by atoms with Crippen molar-refractivity contribution in [2.45, 2.75) is 38.8 Å². The van der Waals surface area contributed by atoms with Crippen LogP contribution < -0.4 is 4.74 Å². The van der Waals surface area contributed by atoms with Crippen LogP contribution in [0.1, 0.15) is 31.7 Å². The number of hydrogen-bond acceptors (Lipinski definition) is 3. The van der Waals surface area contributed by atoms with E-state index < -0.39 is 5.97 Å². The molecule has 2 atom stereocenters. The molecule has 0 amide bonds. The number of carboxylic acids is 1. The average Bonchev–Trinajstić information content (AvgIpc) is 2.49. The Hall–Kier alpha value is -1.07. The first-order chi connectivity index (χ1) is 10.0. The quantitative estimate of drug-likeness (QED) is 0.877. The van der Waals surface area contributed by atoms with Gasteiger partial charge < -0.3 is 9.84 Å². The van der Waals surface area contributed by atoms with Crippen molar-refractivity contribution < 1.29 is 14.6 Å². The number of rotatable bonds is 5. The number of halogens is 1. The Morgan fingerprint density at radius 2 is 2.29 bits per heavy atom. The van der Waals surface area contributed by atoms with E-state index in [0.717, 1.165) is 41.6 Å². The Morgan fingerprint density at radius 3 is 2.90 bits per heavy atom. The maximum absolute atomic E-state index is 11.5. The first-order valence-electron chi connectivity index (χ1n) is 7.34. The van der Waals surface area contributed by atoms with Gasteiger partial charge in [-0.1, -0.05) is 29.3 Å². The molecule has 21 heavy (non-hydrogen) atoms. The molecule has 1 aromatic carbocycles. The summed E-state index contributed by atoms with van der Waals surface area (Å²) in [4.78, 5) is 13.6. The molecule has 2 rings (SSSR count). The van der Waals surface area contributed by atoms with E-state index in [2.05, 4.69) is 27.8 Å². The van der Waals surface area contributed by atoms with E-state index in [0.29, 0.717) is 12.5 Å². The second-order valence-electron chi connectivity index (χ2n) is 5.58. The third-order valence-electron chi connectivity index (χ3n) is 4.31. The van der Waals surface area contributed by atoms with Gasteiger partial charge in [0.05, 0.1) is 7.11 Å². The molecule has 1 N–H and O–H groups in total. The predicted octanol–water partition coefficient (Wildman–Crippen LogP) is 3.53. The van der Waals surface area contributed by atoms with Crippen LogP contribution in [0.4, 0.5) is 0 Å². The minimum atomic E-state index is -0.716. The van der Waals surface area contributed by atoms with E-state index in [1.165, 1.54) is 0 Å². The van der Waals surface area contributed by atoms with Gasteiger partial charge >= 0.3 is 5.97 Å². The predicted molar refractivity (Wildman–Crippen MR) is 85.5 cm³/mol. The third kappa shape index (κ3) is 3.98. The van der Waals surface area contributed by atoms with Crippen molar-refractivity contribution in [2.24, 2.45) is 5.92 Å². The Bertz CT molecular complexity index is 506. The number of hydrogen-bond donors (Lipinski definition) is 1. The smallest absolute Gasteiger partial charge is 0.320 e. The van der Waals surface area contributed by atoms with Crippen LogP contribution in [0.15, 0.2) is 22.7 Å². The molecule has 4 nitrogen and oxygen atoms in total. The number of nitrogens with zero attached hydrogens (tertiary/aromatic N) is 1. The van der Waals surface area contributed by atoms with Gasteiger partial charge in [0.25, 0.3) is 0 Å². The van der Waals surface area contributed by atoms with Crippen molar-refractivity contribution in [3.05, 3.63) is 28.2 Å². The topological polar surface area (TPSA) is 49.8 Å². The van der Waals surface area contributed by atoms with E-state index in [-0.39, 0.29) is 6.04 Å². The fourth-order valence-electron chi connectivity index (χ4n) is 2.92. The Labute approximate surface area is 134 Å². The Morgan fingerprint density at radius 1 is 1.52 bits per heavy atom. The SMILES string of the molecule is CCC1CCN(Cc2cc(OC)ccc2Br)C(C(=O)O)C1. The molecule has 1 fully saturated rings. The lowest BCUT2D eigenvalue weighted by molar-refractivity contribution is -0.145. The summed E-state index contributed by atoms with van der Waals surface area (Å²) in [6, 6.07) is 5.42. The van der Waals surface area contributed by atoms with Crippen molar-refractivity contribution >= 4 is 21.9 Å². The normalized spacial score (nSPS) is 23.0. The van der Waals surface area contributed by atoms with Gasteiger partial charge in [-0.3, -0.25) is 9.69 Å². The van der Waals surface area contributed by atoms with Crippen LogP contribution in [0, 0.1) is 5.92 Å². The molecular weight excluding hydrogens is 334 g/mol. The van der Waals surface area contributed by atoms with Crippen molar-refractivity contribution in [1.82, 2.24) is 4.90 Å². The molecule has 5 heteroatoms. The van der Waals surface area contributed by atoms with E-state index in [9.17, 15) is 9.90 Å². The van der Waals surface area contributed by atoms with Crippen LogP contribution in [0.25, 0.3) is 0 Å². The molecule has 0 aromatic heterocycles. The molecule has 0 aliphatic carbocycles. The molecule has 1 saturated heterocycles. The zero-order valence-electron chi connectivity index (χ0n) is 12.5. The molecule has 0 spiro atoms. The Kier molecular flexibility index (Phi) is 5.65. The van der Waals surface area contributed by atoms with Gasteiger partial charge in [0.1, 0.15) is 11.8 Å². The summed E-state index contributed by atoms with van der Waals surface area (Å²) in [7, 11) is 1.64. The monoisotopic (exact) mass is 355 g/mol. The molecule has 0 bridgehead atoms. The van der Waals surface area contributed by atoms with Crippen molar-refractivity contribution in [2.75, 3.05) is 13.7 Å². The second kappa shape index (κ2) is 7.27. The summed E-state index contributed by atoms with van der Waals surface area (Å²) in [6.07, 6.45) is 2.87. The maximum atomic E-state index is 11.5. The van der Waals surface area contributed by atoms with E-state index in [4.69, 9.17) is 4.74 Å². The van der Waals surface area contributed by atoms with Crippen LogP contribution in [0.3, 0.4) is 0 Å². The number of carbonyl (C=O) groups is 1. The lowest BCUT2D eigenvalue weighted by atomic mass is 9.88. The number of piperidine rings is 1. The minimum absolute atomic E-state index is 0.387. The van der Waals surface area contributed by atoms with Gasteiger partial charge in [0.15, 0.2) is 0 Å². The molecule has 116 valence electrons. The average molecular weight is 356 g/mol. The molecule has 0 saturated carbocycles. The van der Waals surface area contributed by atoms with Gasteiger partial charge in [0.2, 0.25) is 0 Å². The van der Waals surface area contributed by atoms with Gasteiger partial charge in [0, 0.05) is 11.0 Å². The highest BCUT2D eigenvalue weighted by Crippen LogP contribution is 2.30. The van der Waals surface area contributed by atoms with Gasteiger partial charge in [-0.25, -0.2) is 0 Å². The van der Waals surface area contributed by atoms with E-state index in [1.54, 1.807) is 7.11 Å². The van der Waals surface area contributed by atoms with Crippen molar-refractivity contribution in [3.63, 3.8) is 0 Å². The van der Waals surface area contributed by atoms with E-state index >= 15 is 0 Å². The summed E-state index contributed by atoms with van der Waals surface area (Å²) in [5.74, 6) is 0.604. The number of carboxylic acid groups (broad SMARTS) is 1. The summed E-state index contributed by atoms with van der Waals surface area (Å²) in [5.41, 5.74) is 1.07. The number of ether oxygens (including phenoxy) is 1. The van der Waals surface area contributed by atoms with Crippen LogP contribution in [-0.2, 0) is 11.3 Å². The lowest BCUT2D eigenvalue weighted by Crippen LogP contribution is -2.46. The molecule has 1 heterocycles. The van der Waals surface area contributed by atoms with Gasteiger partial charge in [-0.2, -0.15) is 0 Å². The highest BCUT2D eigenvalue weighted by atomic mass is 79.9. The lowest BCUT2D eigenvalue weighted by Gasteiger charge is -2.37. The van der Waals surface area contributed by atoms with Crippen molar-refractivity contribution in [3.8, 4) is 5.75 Å². The minimum Gasteiger partial charge on any atom is -0.497 e. The summed E-state index contributed by atoms with van der Waals surface area (Å²) in [5, 5.41) is 9.49. The summed E-state index contributed by atoms with van der Waals surface area (Å²) >= 11 is 3.54. The molecule has 1 aliphatic rings. The molecular formula is C16H22BrNO3. The number of aliphatic carboxylic acids is 1. The van der Waals surface area contributed by atoms with Crippen molar-refractivity contribution in [1.29, 1.82) is 0 Å². The number of likely N-dealkylation sites (tertiary alicyclic amines) is 1. The van der Waals surface area contributed by atoms with Crippen LogP contribution in [0.2, 0.25) is 0 Å². The number of benzene rings is 1. The molecule has 0 radical (unpaired) electrons. The van der Waals surface area contributed by atoms with Crippen LogP contribution in [0.5, 0.6) is 5.75 Å². The largest absolute Gasteiger partial charge is 0.497 e. The first kappa shape index (κ1) is 16.3. The summed E-state index contributed by atoms with van der Waals surface area (Å²) < 4.78 is 6.24. The standard InChI is InChI=1S/C16H22BrNO3/c1-3-11-6-7-18(15(8-11)16(19)20)10-12-9-13(21-2)4-5-14(12)17/h4-5,9,11,15H,3,6-8,10H2,1-2H3,(H,19,20). The highest BCUT2D eigenvalue weighted by molar-refractivity contribution is 9.10. The van der Waals surface area contributed by atoms with Gasteiger partial charge in [-0.05, 0) is 49.1 Å². The molecule has 1 aliphatic heterocycles. The van der Waals surface area contributed by atoms with E-state index in [1.807, 2.05) is 18.2 Å². The zero-order valence-corrected chi connectivity index (χ0v) is 14.1. The summed E-state index contributed by atoms with van der Waals surface area (Å²) in [6.45, 7) is 3.60. The van der Waals surface area contributed by atoms with Crippen LogP contribution in [-0.4, -0.2) is 35.7 Å². The fraction of sp³-hybridized carbons (Fsp3) is 0.562. The zero-order chi connectivity index (χ0) is 15.4.